The lowest BCUT2D eigenvalue weighted by molar-refractivity contribution is 0.0789. The summed E-state index contributed by atoms with van der Waals surface area (Å²) >= 11 is 0. The molecule has 128 valence electrons. The van der Waals surface area contributed by atoms with Gasteiger partial charge >= 0.3 is 0 Å². The molecule has 7 heteroatoms. The number of hydrogen-bond donors (Lipinski definition) is 0. The van der Waals surface area contributed by atoms with Crippen molar-refractivity contribution in [2.75, 3.05) is 13.1 Å². The maximum Gasteiger partial charge on any atom is 0.253 e. The van der Waals surface area contributed by atoms with Crippen molar-refractivity contribution in [3.63, 3.8) is 0 Å². The summed E-state index contributed by atoms with van der Waals surface area (Å²) in [4.78, 5) is 18.9. The van der Waals surface area contributed by atoms with E-state index in [9.17, 15) is 4.79 Å². The fraction of sp³-hybridized carbons (Fsp3) is 0.333. The molecular weight excluding hydrogens is 318 g/mol. The number of amides is 1. The molecule has 1 fully saturated rings. The van der Waals surface area contributed by atoms with Crippen molar-refractivity contribution in [3.05, 3.63) is 59.5 Å². The van der Waals surface area contributed by atoms with Crippen molar-refractivity contribution in [2.24, 2.45) is 0 Å². The molecule has 1 aromatic carbocycles. The maximum absolute atomic E-state index is 12.7. The van der Waals surface area contributed by atoms with Crippen LogP contribution in [0.1, 0.15) is 40.1 Å². The van der Waals surface area contributed by atoms with E-state index >= 15 is 0 Å². The summed E-state index contributed by atoms with van der Waals surface area (Å²) in [5.74, 6) is 1.40. The fourth-order valence-electron chi connectivity index (χ4n) is 3.19. The Morgan fingerprint density at radius 2 is 2.00 bits per heavy atom. The third-order valence-corrected chi connectivity index (χ3v) is 4.56. The van der Waals surface area contributed by atoms with Crippen LogP contribution in [0.3, 0.4) is 0 Å². The van der Waals surface area contributed by atoms with Crippen LogP contribution < -0.4 is 0 Å². The molecule has 1 saturated heterocycles. The van der Waals surface area contributed by atoms with Crippen molar-refractivity contribution in [2.45, 2.75) is 26.2 Å². The molecular formula is C18H19N5O2. The number of aryl methyl sites for hydroxylation is 2. The van der Waals surface area contributed by atoms with Gasteiger partial charge < -0.3 is 9.42 Å². The molecule has 3 aromatic rings. The van der Waals surface area contributed by atoms with Crippen molar-refractivity contribution >= 4 is 5.91 Å². The summed E-state index contributed by atoms with van der Waals surface area (Å²) in [7, 11) is 0. The van der Waals surface area contributed by atoms with Gasteiger partial charge in [0, 0.05) is 30.5 Å². The molecule has 0 saturated carbocycles. The van der Waals surface area contributed by atoms with Crippen LogP contribution in [-0.4, -0.2) is 43.8 Å². The van der Waals surface area contributed by atoms with Crippen molar-refractivity contribution in [1.29, 1.82) is 0 Å². The van der Waals surface area contributed by atoms with E-state index in [0.29, 0.717) is 30.4 Å². The van der Waals surface area contributed by atoms with E-state index in [1.807, 2.05) is 46.8 Å². The Balaban J connectivity index is 1.47. The second kappa shape index (κ2) is 6.16. The second-order valence-corrected chi connectivity index (χ2v) is 6.35. The van der Waals surface area contributed by atoms with Crippen molar-refractivity contribution < 1.29 is 9.32 Å². The van der Waals surface area contributed by atoms with E-state index < -0.39 is 0 Å². The number of rotatable bonds is 3. The highest BCUT2D eigenvalue weighted by molar-refractivity contribution is 5.94. The number of hydrogen-bond acceptors (Lipinski definition) is 5. The van der Waals surface area contributed by atoms with Crippen LogP contribution in [0.2, 0.25) is 0 Å². The van der Waals surface area contributed by atoms with Crippen LogP contribution in [0.4, 0.5) is 0 Å². The Bertz CT molecular complexity index is 896. The number of carbonyl (C=O) groups excluding carboxylic acids is 1. The van der Waals surface area contributed by atoms with Gasteiger partial charge in [0.05, 0.1) is 11.6 Å². The smallest absolute Gasteiger partial charge is 0.253 e. The van der Waals surface area contributed by atoms with Crippen LogP contribution in [0.25, 0.3) is 5.69 Å². The standard InChI is InChI=1S/C18H19N5O2/c1-12-7-9-19-23(12)16-5-3-14(4-6-16)18(24)22-10-8-15(11-22)17-20-13(2)21-25-17/h3-7,9,15H,8,10-11H2,1-2H3/t15-/m1/s1. The highest BCUT2D eigenvalue weighted by Crippen LogP contribution is 2.27. The molecule has 0 aliphatic carbocycles. The lowest BCUT2D eigenvalue weighted by Crippen LogP contribution is -2.28. The minimum Gasteiger partial charge on any atom is -0.339 e. The van der Waals surface area contributed by atoms with E-state index in [4.69, 9.17) is 4.52 Å². The van der Waals surface area contributed by atoms with Gasteiger partial charge in [0.25, 0.3) is 5.91 Å². The summed E-state index contributed by atoms with van der Waals surface area (Å²) in [6, 6.07) is 9.49. The van der Waals surface area contributed by atoms with E-state index in [0.717, 1.165) is 17.8 Å². The van der Waals surface area contributed by atoms with E-state index in [1.54, 1.807) is 13.1 Å². The fourth-order valence-corrected chi connectivity index (χ4v) is 3.19. The number of nitrogens with zero attached hydrogens (tertiary/aromatic N) is 5. The van der Waals surface area contributed by atoms with Crippen molar-refractivity contribution in [3.8, 4) is 5.69 Å². The van der Waals surface area contributed by atoms with E-state index in [-0.39, 0.29) is 11.8 Å². The van der Waals surface area contributed by atoms with Gasteiger partial charge in [0.2, 0.25) is 5.89 Å². The van der Waals surface area contributed by atoms with Crippen LogP contribution in [0.15, 0.2) is 41.1 Å². The first kappa shape index (κ1) is 15.6. The molecule has 0 spiro atoms. The quantitative estimate of drug-likeness (QED) is 0.734. The third-order valence-electron chi connectivity index (χ3n) is 4.56. The monoisotopic (exact) mass is 337 g/mol. The highest BCUT2D eigenvalue weighted by Gasteiger charge is 2.31. The van der Waals surface area contributed by atoms with E-state index in [2.05, 4.69) is 15.2 Å². The zero-order valence-corrected chi connectivity index (χ0v) is 14.2. The minimum atomic E-state index is 0.0301. The Morgan fingerprint density at radius 1 is 1.20 bits per heavy atom. The van der Waals surface area contributed by atoms with Gasteiger partial charge in [0.1, 0.15) is 0 Å². The van der Waals surface area contributed by atoms with Gasteiger partial charge in [-0.05, 0) is 50.6 Å². The summed E-state index contributed by atoms with van der Waals surface area (Å²) in [5.41, 5.74) is 2.67. The lowest BCUT2D eigenvalue weighted by atomic mass is 10.1. The van der Waals surface area contributed by atoms with Crippen LogP contribution in [-0.2, 0) is 0 Å². The first-order valence-electron chi connectivity index (χ1n) is 8.32. The van der Waals surface area contributed by atoms with Crippen LogP contribution in [0.5, 0.6) is 0 Å². The zero-order chi connectivity index (χ0) is 17.4. The Kier molecular flexibility index (Phi) is 3.83. The first-order chi connectivity index (χ1) is 12.1. The minimum absolute atomic E-state index is 0.0301. The normalized spacial score (nSPS) is 17.2. The van der Waals surface area contributed by atoms with Gasteiger partial charge in [-0.2, -0.15) is 10.1 Å². The molecule has 2 aromatic heterocycles. The lowest BCUT2D eigenvalue weighted by Gasteiger charge is -2.16. The Labute approximate surface area is 145 Å². The molecule has 1 aliphatic heterocycles. The second-order valence-electron chi connectivity index (χ2n) is 6.35. The molecule has 0 N–H and O–H groups in total. The predicted molar refractivity (Wildman–Crippen MR) is 90.6 cm³/mol. The number of benzene rings is 1. The number of carbonyl (C=O) groups is 1. The third kappa shape index (κ3) is 2.93. The van der Waals surface area contributed by atoms with Gasteiger partial charge in [-0.15, -0.1) is 0 Å². The molecule has 7 nitrogen and oxygen atoms in total. The number of likely N-dealkylation sites (tertiary alicyclic amines) is 1. The van der Waals surface area contributed by atoms with Crippen LogP contribution >= 0.6 is 0 Å². The molecule has 25 heavy (non-hydrogen) atoms. The predicted octanol–water partition coefficient (Wildman–Crippen LogP) is 2.50. The number of aromatic nitrogens is 4. The topological polar surface area (TPSA) is 77.0 Å². The molecule has 0 radical (unpaired) electrons. The van der Waals surface area contributed by atoms with Crippen molar-refractivity contribution in [1.82, 2.24) is 24.8 Å². The highest BCUT2D eigenvalue weighted by atomic mass is 16.5. The molecule has 0 unspecified atom stereocenters. The summed E-state index contributed by atoms with van der Waals surface area (Å²) < 4.78 is 7.09. The van der Waals surface area contributed by atoms with Gasteiger partial charge in [-0.3, -0.25) is 4.79 Å². The van der Waals surface area contributed by atoms with Crippen LogP contribution in [0, 0.1) is 13.8 Å². The molecule has 1 amide bonds. The molecule has 0 bridgehead atoms. The summed E-state index contributed by atoms with van der Waals surface area (Å²) in [6.45, 7) is 5.11. The first-order valence-corrected chi connectivity index (χ1v) is 8.32. The SMILES string of the molecule is Cc1noc([C@@H]2CCN(C(=O)c3ccc(-n4nccc4C)cc3)C2)n1. The molecule has 1 atom stereocenters. The summed E-state index contributed by atoms with van der Waals surface area (Å²) in [5, 5.41) is 8.11. The average molecular weight is 337 g/mol. The molecule has 4 rings (SSSR count). The zero-order valence-electron chi connectivity index (χ0n) is 14.2. The molecule has 3 heterocycles. The Morgan fingerprint density at radius 3 is 2.64 bits per heavy atom. The maximum atomic E-state index is 12.7. The average Bonchev–Trinajstić information content (AvgIpc) is 3.35. The molecule has 1 aliphatic rings. The van der Waals surface area contributed by atoms with Gasteiger partial charge in [-0.25, -0.2) is 4.68 Å². The Hall–Kier alpha value is -2.96. The van der Waals surface area contributed by atoms with Gasteiger partial charge in [-0.1, -0.05) is 5.16 Å². The largest absolute Gasteiger partial charge is 0.339 e. The van der Waals surface area contributed by atoms with E-state index in [1.165, 1.54) is 0 Å². The van der Waals surface area contributed by atoms with Gasteiger partial charge in [0.15, 0.2) is 5.82 Å². The summed E-state index contributed by atoms with van der Waals surface area (Å²) in [6.07, 6.45) is 2.61.